The first-order valence-corrected chi connectivity index (χ1v) is 13.3. The van der Waals surface area contributed by atoms with E-state index in [1.807, 2.05) is 6.07 Å². The minimum absolute atomic E-state index is 0.00972. The highest BCUT2D eigenvalue weighted by Crippen LogP contribution is 2.26. The molecule has 2 N–H and O–H groups in total. The van der Waals surface area contributed by atoms with Crippen LogP contribution >= 0.6 is 11.6 Å². The third-order valence-electron chi connectivity index (χ3n) is 5.51. The number of carbonyl (C=O) groups is 1. The molecule has 36 heavy (non-hydrogen) atoms. The number of methoxy groups -OCH3 is 1. The molecule has 1 atom stereocenters. The summed E-state index contributed by atoms with van der Waals surface area (Å²) in [4.78, 5) is 12.8. The van der Waals surface area contributed by atoms with Gasteiger partial charge in [0.15, 0.2) is 0 Å². The molecule has 1 amide bonds. The first-order chi connectivity index (χ1) is 17.4. The van der Waals surface area contributed by atoms with Gasteiger partial charge >= 0.3 is 0 Å². The second-order valence-corrected chi connectivity index (χ2v) is 10.2. The van der Waals surface area contributed by atoms with Crippen molar-refractivity contribution < 1.29 is 27.9 Å². The number of sulfonamides is 1. The number of rotatable bonds is 13. The number of nitrogens with one attached hydrogen (secondary N) is 1. The van der Waals surface area contributed by atoms with Gasteiger partial charge in [-0.3, -0.25) is 10.0 Å². The molecule has 0 bridgehead atoms. The number of amides is 1. The van der Waals surface area contributed by atoms with Gasteiger partial charge in [0.2, 0.25) is 10.0 Å². The fraction of sp³-hybridized carbons (Fsp3) is 0.269. The fourth-order valence-electron chi connectivity index (χ4n) is 3.60. The molecule has 0 heterocycles. The third kappa shape index (κ3) is 7.20. The minimum atomic E-state index is -4.18. The van der Waals surface area contributed by atoms with Crippen LogP contribution in [0.4, 0.5) is 0 Å². The van der Waals surface area contributed by atoms with Crippen LogP contribution in [0.15, 0.2) is 83.8 Å². The smallest absolute Gasteiger partial charge is 0.262 e. The van der Waals surface area contributed by atoms with Crippen molar-refractivity contribution in [1.82, 2.24) is 9.79 Å². The van der Waals surface area contributed by atoms with Gasteiger partial charge in [0.1, 0.15) is 17.5 Å². The number of hydrogen-bond acceptors (Lipinski definition) is 6. The summed E-state index contributed by atoms with van der Waals surface area (Å²) >= 11 is 5.67. The van der Waals surface area contributed by atoms with Crippen molar-refractivity contribution in [1.29, 1.82) is 0 Å². The van der Waals surface area contributed by atoms with E-state index in [4.69, 9.17) is 21.1 Å². The highest BCUT2D eigenvalue weighted by atomic mass is 35.5. The lowest BCUT2D eigenvalue weighted by atomic mass is 10.0. The standard InChI is InChI=1S/C26H29ClN2O6S/c1-34-22-10-8-21(9-11-22)19-29(25(26(30)28-31)18-20-6-3-2-4-7-20)36(32,33)24-14-12-23(13-15-24)35-17-5-16-27/h2-4,6-15,25,31H,5,16-19H2,1H3,(H,28,30). The highest BCUT2D eigenvalue weighted by molar-refractivity contribution is 7.89. The number of hydrogen-bond donors (Lipinski definition) is 2. The van der Waals surface area contributed by atoms with Crippen LogP contribution in [0.3, 0.4) is 0 Å². The van der Waals surface area contributed by atoms with Gasteiger partial charge in [-0.2, -0.15) is 4.31 Å². The molecule has 0 aliphatic carbocycles. The SMILES string of the molecule is COc1ccc(CN(C(Cc2ccccc2)C(=O)NO)S(=O)(=O)c2ccc(OCCCCl)cc2)cc1. The number of nitrogens with zero attached hydrogens (tertiary/aromatic N) is 1. The van der Waals surface area contributed by atoms with Crippen LogP contribution in [0.25, 0.3) is 0 Å². The normalized spacial score (nSPS) is 12.2. The second-order valence-electron chi connectivity index (χ2n) is 7.94. The van der Waals surface area contributed by atoms with E-state index in [1.54, 1.807) is 66.1 Å². The van der Waals surface area contributed by atoms with Gasteiger partial charge in [0.25, 0.3) is 5.91 Å². The predicted molar refractivity (Wildman–Crippen MR) is 137 cm³/mol. The topological polar surface area (TPSA) is 105 Å². The summed E-state index contributed by atoms with van der Waals surface area (Å²) < 4.78 is 39.6. The molecule has 0 saturated heterocycles. The molecule has 3 rings (SSSR count). The van der Waals surface area contributed by atoms with E-state index in [-0.39, 0.29) is 17.9 Å². The van der Waals surface area contributed by atoms with Crippen molar-refractivity contribution in [2.75, 3.05) is 19.6 Å². The van der Waals surface area contributed by atoms with E-state index in [2.05, 4.69) is 0 Å². The van der Waals surface area contributed by atoms with Gasteiger partial charge < -0.3 is 9.47 Å². The zero-order valence-corrected chi connectivity index (χ0v) is 21.4. The van der Waals surface area contributed by atoms with Gasteiger partial charge in [-0.05, 0) is 60.4 Å². The van der Waals surface area contributed by atoms with Crippen LogP contribution in [0.2, 0.25) is 0 Å². The van der Waals surface area contributed by atoms with Crippen molar-refractivity contribution >= 4 is 27.5 Å². The molecule has 0 aliphatic heterocycles. The first-order valence-electron chi connectivity index (χ1n) is 11.3. The van der Waals surface area contributed by atoms with Crippen LogP contribution in [-0.2, 0) is 27.8 Å². The van der Waals surface area contributed by atoms with Crippen LogP contribution < -0.4 is 15.0 Å². The Kier molecular flexibility index (Phi) is 10.1. The van der Waals surface area contributed by atoms with Crippen molar-refractivity contribution in [3.63, 3.8) is 0 Å². The largest absolute Gasteiger partial charge is 0.497 e. The van der Waals surface area contributed by atoms with Crippen LogP contribution in [0.5, 0.6) is 11.5 Å². The maximum Gasteiger partial charge on any atom is 0.262 e. The summed E-state index contributed by atoms with van der Waals surface area (Å²) in [7, 11) is -2.64. The van der Waals surface area contributed by atoms with Gasteiger partial charge in [-0.25, -0.2) is 13.9 Å². The summed E-state index contributed by atoms with van der Waals surface area (Å²) in [5.74, 6) is 0.751. The van der Waals surface area contributed by atoms with E-state index in [1.165, 1.54) is 19.2 Å². The number of hydroxylamine groups is 1. The third-order valence-corrected chi connectivity index (χ3v) is 7.64. The lowest BCUT2D eigenvalue weighted by molar-refractivity contribution is -0.133. The molecule has 192 valence electrons. The average molecular weight is 533 g/mol. The molecule has 0 aromatic heterocycles. The zero-order valence-electron chi connectivity index (χ0n) is 19.8. The van der Waals surface area contributed by atoms with E-state index in [0.717, 1.165) is 9.87 Å². The molecular weight excluding hydrogens is 504 g/mol. The van der Waals surface area contributed by atoms with Crippen molar-refractivity contribution in [2.24, 2.45) is 0 Å². The number of benzene rings is 3. The van der Waals surface area contributed by atoms with Gasteiger partial charge in [-0.1, -0.05) is 42.5 Å². The Morgan fingerprint density at radius 2 is 1.61 bits per heavy atom. The first kappa shape index (κ1) is 27.5. The van der Waals surface area contributed by atoms with Gasteiger partial charge in [0.05, 0.1) is 18.6 Å². The molecule has 0 spiro atoms. The number of halogens is 1. The van der Waals surface area contributed by atoms with Crippen LogP contribution in [0, 0.1) is 0 Å². The molecule has 8 nitrogen and oxygen atoms in total. The van der Waals surface area contributed by atoms with E-state index in [9.17, 15) is 18.4 Å². The number of carbonyl (C=O) groups excluding carboxylic acids is 1. The molecule has 10 heteroatoms. The molecule has 3 aromatic rings. The summed E-state index contributed by atoms with van der Waals surface area (Å²) in [6.07, 6.45) is 0.719. The Morgan fingerprint density at radius 3 is 2.19 bits per heavy atom. The Balaban J connectivity index is 1.99. The molecular formula is C26H29ClN2O6S. The summed E-state index contributed by atoms with van der Waals surface area (Å²) in [5, 5.41) is 9.48. The van der Waals surface area contributed by atoms with Crippen molar-refractivity contribution in [2.45, 2.75) is 30.3 Å². The van der Waals surface area contributed by atoms with Crippen LogP contribution in [-0.4, -0.2) is 49.5 Å². The maximum absolute atomic E-state index is 13.9. The Morgan fingerprint density at radius 1 is 0.972 bits per heavy atom. The molecule has 0 radical (unpaired) electrons. The zero-order chi connectivity index (χ0) is 26.0. The predicted octanol–water partition coefficient (Wildman–Crippen LogP) is 4.01. The van der Waals surface area contributed by atoms with Crippen molar-refractivity contribution in [3.8, 4) is 11.5 Å². The minimum Gasteiger partial charge on any atom is -0.497 e. The highest BCUT2D eigenvalue weighted by Gasteiger charge is 2.36. The van der Waals surface area contributed by atoms with Crippen LogP contribution in [0.1, 0.15) is 17.5 Å². The lowest BCUT2D eigenvalue weighted by Gasteiger charge is -2.30. The fourth-order valence-corrected chi connectivity index (χ4v) is 5.28. The van der Waals surface area contributed by atoms with Gasteiger partial charge in [-0.15, -0.1) is 11.6 Å². The molecule has 1 unspecified atom stereocenters. The lowest BCUT2D eigenvalue weighted by Crippen LogP contribution is -2.49. The van der Waals surface area contributed by atoms with E-state index >= 15 is 0 Å². The average Bonchev–Trinajstić information content (AvgIpc) is 2.91. The molecule has 0 fully saturated rings. The van der Waals surface area contributed by atoms with E-state index in [0.29, 0.717) is 36.0 Å². The summed E-state index contributed by atoms with van der Waals surface area (Å²) in [6.45, 7) is 0.306. The Bertz CT molecular complexity index is 1210. The summed E-state index contributed by atoms with van der Waals surface area (Å²) in [6, 6.07) is 20.7. The quantitative estimate of drug-likeness (QED) is 0.149. The Labute approximate surface area is 216 Å². The molecule has 0 aliphatic rings. The molecule has 3 aromatic carbocycles. The Hall–Kier alpha value is -3.11. The number of alkyl halides is 1. The monoisotopic (exact) mass is 532 g/mol. The maximum atomic E-state index is 13.9. The van der Waals surface area contributed by atoms with Crippen molar-refractivity contribution in [3.05, 3.63) is 90.0 Å². The van der Waals surface area contributed by atoms with E-state index < -0.39 is 22.0 Å². The second kappa shape index (κ2) is 13.3. The molecule has 0 saturated carbocycles. The summed E-state index contributed by atoms with van der Waals surface area (Å²) in [5.41, 5.74) is 3.02. The number of ether oxygens (including phenoxy) is 2. The van der Waals surface area contributed by atoms with Gasteiger partial charge in [0, 0.05) is 12.4 Å².